The third-order valence-corrected chi connectivity index (χ3v) is 6.18. The van der Waals surface area contributed by atoms with E-state index in [4.69, 9.17) is 5.11 Å². The highest BCUT2D eigenvalue weighted by molar-refractivity contribution is 7.88. The van der Waals surface area contributed by atoms with E-state index in [1.807, 2.05) is 13.8 Å². The lowest BCUT2D eigenvalue weighted by Crippen LogP contribution is -2.53. The van der Waals surface area contributed by atoms with Crippen LogP contribution in [-0.4, -0.2) is 60.6 Å². The molecule has 0 unspecified atom stereocenters. The van der Waals surface area contributed by atoms with Crippen molar-refractivity contribution in [2.24, 2.45) is 0 Å². The van der Waals surface area contributed by atoms with Crippen LogP contribution >= 0.6 is 11.3 Å². The molecule has 0 spiro atoms. The maximum Gasteiger partial charge on any atom is 0.345 e. The van der Waals surface area contributed by atoms with Crippen LogP contribution in [0.25, 0.3) is 0 Å². The molecule has 1 aromatic rings. The highest BCUT2D eigenvalue weighted by atomic mass is 32.2. The highest BCUT2D eigenvalue weighted by Crippen LogP contribution is 2.24. The molecule has 1 aliphatic heterocycles. The Kier molecular flexibility index (Phi) is 4.72. The zero-order valence-corrected chi connectivity index (χ0v) is 14.0. The average molecular weight is 332 g/mol. The fourth-order valence-electron chi connectivity index (χ4n) is 2.68. The molecule has 0 amide bonds. The molecule has 1 saturated heterocycles. The van der Waals surface area contributed by atoms with Gasteiger partial charge in [-0.2, -0.15) is 4.31 Å². The first kappa shape index (κ1) is 16.4. The van der Waals surface area contributed by atoms with Crippen LogP contribution in [0.1, 0.15) is 27.0 Å². The van der Waals surface area contributed by atoms with Crippen molar-refractivity contribution in [2.75, 3.05) is 25.9 Å². The van der Waals surface area contributed by atoms with Crippen molar-refractivity contribution in [3.63, 3.8) is 0 Å². The summed E-state index contributed by atoms with van der Waals surface area (Å²) < 4.78 is 24.8. The van der Waals surface area contributed by atoms with Crippen molar-refractivity contribution in [3.8, 4) is 0 Å². The molecule has 1 aliphatic rings. The number of carboxylic acids is 1. The number of aromatic carboxylic acids is 1. The van der Waals surface area contributed by atoms with E-state index in [2.05, 4.69) is 4.90 Å². The van der Waals surface area contributed by atoms with E-state index in [1.54, 1.807) is 6.07 Å². The van der Waals surface area contributed by atoms with Crippen molar-refractivity contribution < 1.29 is 18.3 Å². The normalized spacial score (nSPS) is 21.6. The second-order valence-electron chi connectivity index (χ2n) is 5.46. The second-order valence-corrected chi connectivity index (χ2v) is 8.65. The molecule has 1 aromatic heterocycles. The predicted octanol–water partition coefficient (Wildman–Crippen LogP) is 1.22. The fraction of sp³-hybridized carbons (Fsp3) is 0.615. The second kappa shape index (κ2) is 6.04. The number of hydrogen-bond donors (Lipinski definition) is 1. The SMILES string of the molecule is Cc1sc(C(=O)O)cc1CN1CCN(S(C)(=O)=O)[C@H](C)C1. The molecule has 21 heavy (non-hydrogen) atoms. The third-order valence-electron chi connectivity index (χ3n) is 3.70. The van der Waals surface area contributed by atoms with Gasteiger partial charge in [0.05, 0.1) is 6.26 Å². The molecule has 6 nitrogen and oxygen atoms in total. The van der Waals surface area contributed by atoms with E-state index in [-0.39, 0.29) is 6.04 Å². The Morgan fingerprint density at radius 3 is 2.62 bits per heavy atom. The molecule has 1 atom stereocenters. The molecule has 1 N–H and O–H groups in total. The van der Waals surface area contributed by atoms with Gasteiger partial charge >= 0.3 is 5.97 Å². The van der Waals surface area contributed by atoms with E-state index in [0.29, 0.717) is 31.1 Å². The molecule has 0 saturated carbocycles. The van der Waals surface area contributed by atoms with Gasteiger partial charge in [-0.3, -0.25) is 4.90 Å². The number of sulfonamides is 1. The van der Waals surface area contributed by atoms with Crippen molar-refractivity contribution in [1.82, 2.24) is 9.21 Å². The molecule has 0 aromatic carbocycles. The number of rotatable bonds is 4. The number of hydrogen-bond acceptors (Lipinski definition) is 5. The van der Waals surface area contributed by atoms with E-state index < -0.39 is 16.0 Å². The Bertz CT molecular complexity index is 639. The van der Waals surface area contributed by atoms with Crippen LogP contribution in [0.5, 0.6) is 0 Å². The lowest BCUT2D eigenvalue weighted by molar-refractivity contribution is 0.0702. The topological polar surface area (TPSA) is 77.9 Å². The number of carboxylic acid groups (broad SMARTS) is 1. The molecular weight excluding hydrogens is 312 g/mol. The van der Waals surface area contributed by atoms with Crippen LogP contribution in [0.2, 0.25) is 0 Å². The molecule has 8 heteroatoms. The maximum absolute atomic E-state index is 11.6. The van der Waals surface area contributed by atoms with Crippen molar-refractivity contribution in [2.45, 2.75) is 26.4 Å². The van der Waals surface area contributed by atoms with Gasteiger partial charge in [0, 0.05) is 37.1 Å². The van der Waals surface area contributed by atoms with Gasteiger partial charge in [-0.15, -0.1) is 11.3 Å². The first-order valence-corrected chi connectivity index (χ1v) is 9.36. The summed E-state index contributed by atoms with van der Waals surface area (Å²) >= 11 is 1.28. The van der Waals surface area contributed by atoms with Gasteiger partial charge in [0.25, 0.3) is 0 Å². The zero-order chi connectivity index (χ0) is 15.8. The number of piperazine rings is 1. The summed E-state index contributed by atoms with van der Waals surface area (Å²) in [5, 5.41) is 9.02. The third kappa shape index (κ3) is 3.82. The largest absolute Gasteiger partial charge is 0.477 e. The first-order valence-electron chi connectivity index (χ1n) is 6.70. The Morgan fingerprint density at radius 1 is 1.48 bits per heavy atom. The molecule has 1 fully saturated rings. The average Bonchev–Trinajstić information content (AvgIpc) is 2.69. The summed E-state index contributed by atoms with van der Waals surface area (Å²) in [5.41, 5.74) is 1.01. The van der Waals surface area contributed by atoms with Crippen LogP contribution in [0, 0.1) is 6.92 Å². The quantitative estimate of drug-likeness (QED) is 0.897. The Morgan fingerprint density at radius 2 is 2.14 bits per heavy atom. The molecular formula is C13H20N2O4S2. The molecule has 2 heterocycles. The number of thiophene rings is 1. The number of carbonyl (C=O) groups is 1. The zero-order valence-electron chi connectivity index (χ0n) is 12.4. The Hall–Kier alpha value is -0.960. The summed E-state index contributed by atoms with van der Waals surface area (Å²) in [7, 11) is -3.16. The number of nitrogens with zero attached hydrogens (tertiary/aromatic N) is 2. The van der Waals surface area contributed by atoms with Gasteiger partial charge in [-0.1, -0.05) is 0 Å². The van der Waals surface area contributed by atoms with Gasteiger partial charge in [0.1, 0.15) is 4.88 Å². The standard InChI is InChI=1S/C13H20N2O4S2/c1-9-7-14(4-5-15(9)21(3,18)19)8-11-6-12(13(16)17)20-10(11)2/h6,9H,4-5,7-8H2,1-3H3,(H,16,17)/t9-/m1/s1. The molecule has 0 bridgehead atoms. The molecule has 2 rings (SSSR count). The minimum atomic E-state index is -3.16. The minimum Gasteiger partial charge on any atom is -0.477 e. The lowest BCUT2D eigenvalue weighted by atomic mass is 10.2. The van der Waals surface area contributed by atoms with E-state index in [0.717, 1.165) is 10.4 Å². The smallest absolute Gasteiger partial charge is 0.345 e. The molecule has 0 aliphatic carbocycles. The van der Waals surface area contributed by atoms with Crippen LogP contribution < -0.4 is 0 Å². The predicted molar refractivity (Wildman–Crippen MR) is 82.3 cm³/mol. The van der Waals surface area contributed by atoms with Crippen molar-refractivity contribution in [3.05, 3.63) is 21.4 Å². The first-order chi connectivity index (χ1) is 9.68. The van der Waals surface area contributed by atoms with Gasteiger partial charge in [0.2, 0.25) is 10.0 Å². The minimum absolute atomic E-state index is 0.0633. The highest BCUT2D eigenvalue weighted by Gasteiger charge is 2.30. The van der Waals surface area contributed by atoms with Gasteiger partial charge in [-0.05, 0) is 25.5 Å². The maximum atomic E-state index is 11.6. The fourth-order valence-corrected chi connectivity index (χ4v) is 4.68. The van der Waals surface area contributed by atoms with E-state index >= 15 is 0 Å². The van der Waals surface area contributed by atoms with Crippen molar-refractivity contribution >= 4 is 27.3 Å². The summed E-state index contributed by atoms with van der Waals surface area (Å²) in [4.78, 5) is 14.5. The summed E-state index contributed by atoms with van der Waals surface area (Å²) in [6.45, 7) is 6.28. The number of aryl methyl sites for hydroxylation is 1. The van der Waals surface area contributed by atoms with Crippen molar-refractivity contribution in [1.29, 1.82) is 0 Å². The molecule has 118 valence electrons. The molecule has 0 radical (unpaired) electrons. The van der Waals surface area contributed by atoms with Gasteiger partial charge in [0.15, 0.2) is 0 Å². The Balaban J connectivity index is 2.04. The summed E-state index contributed by atoms with van der Waals surface area (Å²) in [6.07, 6.45) is 1.24. The van der Waals surface area contributed by atoms with Gasteiger partial charge < -0.3 is 5.11 Å². The van der Waals surface area contributed by atoms with Crippen LogP contribution in [0.4, 0.5) is 0 Å². The Labute approximate surface area is 129 Å². The van der Waals surface area contributed by atoms with E-state index in [1.165, 1.54) is 21.9 Å². The van der Waals surface area contributed by atoms with E-state index in [9.17, 15) is 13.2 Å². The van der Waals surface area contributed by atoms with Crippen LogP contribution in [-0.2, 0) is 16.6 Å². The summed E-state index contributed by atoms with van der Waals surface area (Å²) in [5.74, 6) is -0.899. The van der Waals surface area contributed by atoms with Crippen LogP contribution in [0.3, 0.4) is 0 Å². The van der Waals surface area contributed by atoms with Crippen LogP contribution in [0.15, 0.2) is 6.07 Å². The monoisotopic (exact) mass is 332 g/mol. The lowest BCUT2D eigenvalue weighted by Gasteiger charge is -2.38. The summed E-state index contributed by atoms with van der Waals surface area (Å²) in [6, 6.07) is 1.65. The van der Waals surface area contributed by atoms with Gasteiger partial charge in [-0.25, -0.2) is 13.2 Å².